The Labute approximate surface area is 104 Å². The zero-order valence-corrected chi connectivity index (χ0v) is 10.6. The van der Waals surface area contributed by atoms with Crippen molar-refractivity contribution in [2.75, 3.05) is 13.2 Å². The SMILES string of the molecule is CC(C)CCOc1cccc(C#CCCO)c1. The summed E-state index contributed by atoms with van der Waals surface area (Å²) in [7, 11) is 0. The highest BCUT2D eigenvalue weighted by atomic mass is 16.5. The van der Waals surface area contributed by atoms with E-state index in [0.29, 0.717) is 12.3 Å². The Bertz CT molecular complexity index is 385. The van der Waals surface area contributed by atoms with Crippen molar-refractivity contribution in [3.05, 3.63) is 29.8 Å². The molecule has 0 heterocycles. The normalized spacial score (nSPS) is 9.88. The zero-order chi connectivity index (χ0) is 12.5. The summed E-state index contributed by atoms with van der Waals surface area (Å²) in [4.78, 5) is 0. The molecule has 0 aliphatic rings. The minimum Gasteiger partial charge on any atom is -0.494 e. The van der Waals surface area contributed by atoms with Gasteiger partial charge in [0.15, 0.2) is 0 Å². The standard InChI is InChI=1S/C15H20O2/c1-13(2)9-11-17-15-8-5-7-14(12-15)6-3-4-10-16/h5,7-8,12-13,16H,4,9-11H2,1-2H3. The Balaban J connectivity index is 2.51. The van der Waals surface area contributed by atoms with Crippen molar-refractivity contribution in [1.82, 2.24) is 0 Å². The first-order chi connectivity index (χ1) is 8.22. The third-order valence-electron chi connectivity index (χ3n) is 2.27. The van der Waals surface area contributed by atoms with Crippen LogP contribution in [0.15, 0.2) is 24.3 Å². The largest absolute Gasteiger partial charge is 0.494 e. The van der Waals surface area contributed by atoms with Crippen LogP contribution in [0, 0.1) is 17.8 Å². The van der Waals surface area contributed by atoms with Crippen LogP contribution < -0.4 is 4.74 Å². The van der Waals surface area contributed by atoms with Gasteiger partial charge in [0.05, 0.1) is 13.2 Å². The first-order valence-electron chi connectivity index (χ1n) is 6.05. The Kier molecular flexibility index (Phi) is 6.21. The number of hydrogen-bond donors (Lipinski definition) is 1. The molecule has 1 rings (SSSR count). The molecule has 0 unspecified atom stereocenters. The molecule has 2 heteroatoms. The van der Waals surface area contributed by atoms with Crippen molar-refractivity contribution in [1.29, 1.82) is 0 Å². The van der Waals surface area contributed by atoms with Gasteiger partial charge in [-0.05, 0) is 30.5 Å². The molecule has 0 radical (unpaired) electrons. The van der Waals surface area contributed by atoms with Crippen LogP contribution in [-0.4, -0.2) is 18.3 Å². The Hall–Kier alpha value is -1.46. The van der Waals surface area contributed by atoms with E-state index in [1.54, 1.807) is 0 Å². The van der Waals surface area contributed by atoms with Gasteiger partial charge >= 0.3 is 0 Å². The molecule has 17 heavy (non-hydrogen) atoms. The van der Waals surface area contributed by atoms with Crippen LogP contribution in [-0.2, 0) is 0 Å². The van der Waals surface area contributed by atoms with Crippen molar-refractivity contribution in [2.24, 2.45) is 5.92 Å². The summed E-state index contributed by atoms with van der Waals surface area (Å²) in [6.45, 7) is 5.21. The van der Waals surface area contributed by atoms with Crippen molar-refractivity contribution >= 4 is 0 Å². The van der Waals surface area contributed by atoms with Crippen LogP contribution in [0.4, 0.5) is 0 Å². The number of aliphatic hydroxyl groups excluding tert-OH is 1. The second kappa shape index (κ2) is 7.76. The molecule has 0 spiro atoms. The van der Waals surface area contributed by atoms with Gasteiger partial charge in [-0.2, -0.15) is 0 Å². The van der Waals surface area contributed by atoms with Crippen LogP contribution in [0.5, 0.6) is 5.75 Å². The maximum atomic E-state index is 8.64. The highest BCUT2D eigenvalue weighted by molar-refractivity contribution is 5.39. The lowest BCUT2D eigenvalue weighted by Gasteiger charge is -2.07. The van der Waals surface area contributed by atoms with E-state index in [1.165, 1.54) is 0 Å². The molecule has 0 atom stereocenters. The van der Waals surface area contributed by atoms with Gasteiger partial charge in [0.1, 0.15) is 5.75 Å². The first kappa shape index (κ1) is 13.6. The highest BCUT2D eigenvalue weighted by Gasteiger charge is 1.97. The monoisotopic (exact) mass is 232 g/mol. The van der Waals surface area contributed by atoms with Crippen LogP contribution >= 0.6 is 0 Å². The number of rotatable bonds is 5. The fraction of sp³-hybridized carbons (Fsp3) is 0.467. The fourth-order valence-electron chi connectivity index (χ4n) is 1.30. The molecule has 1 aromatic carbocycles. The molecular formula is C15H20O2. The number of aliphatic hydroxyl groups is 1. The first-order valence-corrected chi connectivity index (χ1v) is 6.05. The van der Waals surface area contributed by atoms with Crippen LogP contribution in [0.3, 0.4) is 0 Å². The Morgan fingerprint density at radius 2 is 2.18 bits per heavy atom. The van der Waals surface area contributed by atoms with Crippen LogP contribution in [0.2, 0.25) is 0 Å². The smallest absolute Gasteiger partial charge is 0.120 e. The summed E-state index contributed by atoms with van der Waals surface area (Å²) >= 11 is 0. The lowest BCUT2D eigenvalue weighted by atomic mass is 10.1. The van der Waals surface area contributed by atoms with Crippen molar-refractivity contribution < 1.29 is 9.84 Å². The number of hydrogen-bond acceptors (Lipinski definition) is 2. The second-order valence-corrected chi connectivity index (χ2v) is 4.33. The van der Waals surface area contributed by atoms with E-state index < -0.39 is 0 Å². The average Bonchev–Trinajstić information content (AvgIpc) is 2.29. The van der Waals surface area contributed by atoms with E-state index in [9.17, 15) is 0 Å². The predicted octanol–water partition coefficient (Wildman–Crippen LogP) is 2.85. The average molecular weight is 232 g/mol. The number of ether oxygens (including phenoxy) is 1. The summed E-state index contributed by atoms with van der Waals surface area (Å²) < 4.78 is 5.65. The molecule has 0 aromatic heterocycles. The molecule has 0 saturated heterocycles. The molecule has 0 bridgehead atoms. The molecule has 2 nitrogen and oxygen atoms in total. The predicted molar refractivity (Wildman–Crippen MR) is 70.0 cm³/mol. The Morgan fingerprint density at radius 1 is 1.35 bits per heavy atom. The third-order valence-corrected chi connectivity index (χ3v) is 2.27. The van der Waals surface area contributed by atoms with Gasteiger partial charge in [0.25, 0.3) is 0 Å². The highest BCUT2D eigenvalue weighted by Crippen LogP contribution is 2.13. The van der Waals surface area contributed by atoms with Gasteiger partial charge in [-0.3, -0.25) is 0 Å². The summed E-state index contributed by atoms with van der Waals surface area (Å²) in [5.74, 6) is 7.41. The molecule has 1 N–H and O–H groups in total. The van der Waals surface area contributed by atoms with E-state index in [4.69, 9.17) is 9.84 Å². The lowest BCUT2D eigenvalue weighted by Crippen LogP contribution is -2.01. The van der Waals surface area contributed by atoms with Crippen molar-refractivity contribution in [3.63, 3.8) is 0 Å². The minimum atomic E-state index is 0.109. The molecule has 0 aliphatic heterocycles. The molecule has 0 amide bonds. The summed E-state index contributed by atoms with van der Waals surface area (Å²) in [5.41, 5.74) is 0.931. The zero-order valence-electron chi connectivity index (χ0n) is 10.6. The quantitative estimate of drug-likeness (QED) is 0.791. The van der Waals surface area contributed by atoms with Crippen molar-refractivity contribution in [2.45, 2.75) is 26.7 Å². The topological polar surface area (TPSA) is 29.5 Å². The molecule has 0 saturated carbocycles. The van der Waals surface area contributed by atoms with E-state index in [-0.39, 0.29) is 6.61 Å². The van der Waals surface area contributed by atoms with Gasteiger partial charge in [-0.15, -0.1) is 0 Å². The molecule has 92 valence electrons. The van der Waals surface area contributed by atoms with Gasteiger partial charge in [0, 0.05) is 12.0 Å². The van der Waals surface area contributed by atoms with Gasteiger partial charge in [-0.1, -0.05) is 31.8 Å². The Morgan fingerprint density at radius 3 is 2.88 bits per heavy atom. The maximum Gasteiger partial charge on any atom is 0.120 e. The molecule has 0 fully saturated rings. The van der Waals surface area contributed by atoms with E-state index >= 15 is 0 Å². The molecule has 1 aromatic rings. The van der Waals surface area contributed by atoms with E-state index in [2.05, 4.69) is 25.7 Å². The minimum absolute atomic E-state index is 0.109. The van der Waals surface area contributed by atoms with Gasteiger partial charge < -0.3 is 9.84 Å². The van der Waals surface area contributed by atoms with E-state index in [0.717, 1.165) is 24.3 Å². The number of benzene rings is 1. The van der Waals surface area contributed by atoms with Crippen molar-refractivity contribution in [3.8, 4) is 17.6 Å². The summed E-state index contributed by atoms with van der Waals surface area (Å²) in [6, 6.07) is 7.76. The summed E-state index contributed by atoms with van der Waals surface area (Å²) in [5, 5.41) is 8.64. The third kappa shape index (κ3) is 5.99. The maximum absolute atomic E-state index is 8.64. The van der Waals surface area contributed by atoms with Crippen LogP contribution in [0.1, 0.15) is 32.3 Å². The second-order valence-electron chi connectivity index (χ2n) is 4.33. The van der Waals surface area contributed by atoms with E-state index in [1.807, 2.05) is 24.3 Å². The van der Waals surface area contributed by atoms with Crippen LogP contribution in [0.25, 0.3) is 0 Å². The fourth-order valence-corrected chi connectivity index (χ4v) is 1.30. The summed E-state index contributed by atoms with van der Waals surface area (Å²) in [6.07, 6.45) is 1.57. The lowest BCUT2D eigenvalue weighted by molar-refractivity contribution is 0.289. The van der Waals surface area contributed by atoms with Gasteiger partial charge in [0.2, 0.25) is 0 Å². The van der Waals surface area contributed by atoms with Gasteiger partial charge in [-0.25, -0.2) is 0 Å². The molecular weight excluding hydrogens is 212 g/mol. The molecule has 0 aliphatic carbocycles.